The van der Waals surface area contributed by atoms with Crippen molar-refractivity contribution in [3.8, 4) is 11.1 Å². The zero-order valence-corrected chi connectivity index (χ0v) is 19.2. The lowest BCUT2D eigenvalue weighted by Gasteiger charge is -2.34. The van der Waals surface area contributed by atoms with E-state index in [9.17, 15) is 14.3 Å². The summed E-state index contributed by atoms with van der Waals surface area (Å²) < 4.78 is 19.8. The minimum Gasteiger partial charge on any atom is -0.449 e. The van der Waals surface area contributed by atoms with E-state index in [0.717, 1.165) is 16.8 Å². The van der Waals surface area contributed by atoms with Crippen molar-refractivity contribution in [2.45, 2.75) is 37.8 Å². The van der Waals surface area contributed by atoms with Crippen molar-refractivity contribution < 1.29 is 19.0 Å². The molecule has 3 aromatic rings. The van der Waals surface area contributed by atoms with Gasteiger partial charge < -0.3 is 20.1 Å². The standard InChI is InChI=1S/C28H29FN2O3/c1-18(25-16-19(29)10-11-27(25)31-14-12-20(32)13-15-31)30-28(33)34-17-26-23-8-4-2-6-21(23)22-7-3-5-9-24(22)26/h2-11,16,18,20,26,32H,12-15,17H2,1H3,(H,30,33). The second-order valence-corrected chi connectivity index (χ2v) is 9.11. The molecule has 1 atom stereocenters. The van der Waals surface area contributed by atoms with E-state index >= 15 is 0 Å². The first-order valence-electron chi connectivity index (χ1n) is 11.8. The zero-order chi connectivity index (χ0) is 23.7. The first-order valence-corrected chi connectivity index (χ1v) is 11.8. The van der Waals surface area contributed by atoms with Crippen molar-refractivity contribution in [3.63, 3.8) is 0 Å². The lowest BCUT2D eigenvalue weighted by atomic mass is 9.98. The minimum atomic E-state index is -0.529. The molecule has 2 aliphatic rings. The smallest absolute Gasteiger partial charge is 0.407 e. The Balaban J connectivity index is 1.28. The van der Waals surface area contributed by atoms with E-state index in [4.69, 9.17) is 4.74 Å². The summed E-state index contributed by atoms with van der Waals surface area (Å²) in [5.41, 5.74) is 6.24. The van der Waals surface area contributed by atoms with Gasteiger partial charge in [-0.3, -0.25) is 0 Å². The highest BCUT2D eigenvalue weighted by molar-refractivity contribution is 5.79. The normalized spacial score (nSPS) is 16.6. The van der Waals surface area contributed by atoms with Crippen LogP contribution in [0.2, 0.25) is 0 Å². The van der Waals surface area contributed by atoms with Crippen LogP contribution in [0.25, 0.3) is 11.1 Å². The molecule has 3 aromatic carbocycles. The molecule has 34 heavy (non-hydrogen) atoms. The first-order chi connectivity index (χ1) is 16.5. The Kier molecular flexibility index (Phi) is 6.24. The van der Waals surface area contributed by atoms with Gasteiger partial charge in [0.05, 0.1) is 12.1 Å². The molecule has 6 heteroatoms. The number of anilines is 1. The number of piperidine rings is 1. The number of fused-ring (bicyclic) bond motifs is 3. The number of nitrogens with zero attached hydrogens (tertiary/aromatic N) is 1. The highest BCUT2D eigenvalue weighted by atomic mass is 19.1. The Bertz CT molecular complexity index is 1140. The number of nitrogens with one attached hydrogen (secondary N) is 1. The molecule has 1 aliphatic heterocycles. The number of halogens is 1. The van der Waals surface area contributed by atoms with Gasteiger partial charge in [-0.2, -0.15) is 0 Å². The summed E-state index contributed by atoms with van der Waals surface area (Å²) in [5, 5.41) is 12.7. The second kappa shape index (κ2) is 9.47. The number of amides is 1. The van der Waals surface area contributed by atoms with Gasteiger partial charge in [-0.1, -0.05) is 48.5 Å². The average Bonchev–Trinajstić information content (AvgIpc) is 3.17. The molecule has 1 heterocycles. The number of carbonyl (C=O) groups is 1. The maximum atomic E-state index is 14.1. The summed E-state index contributed by atoms with van der Waals surface area (Å²) in [6.45, 7) is 3.44. The van der Waals surface area contributed by atoms with E-state index in [-0.39, 0.29) is 24.4 Å². The molecular formula is C28H29FN2O3. The number of alkyl carbamates (subject to hydrolysis) is 1. The SMILES string of the molecule is CC(NC(=O)OCC1c2ccccc2-c2ccccc21)c1cc(F)ccc1N1CCC(O)CC1. The quantitative estimate of drug-likeness (QED) is 0.536. The first kappa shape index (κ1) is 22.4. The molecule has 1 saturated heterocycles. The van der Waals surface area contributed by atoms with Gasteiger partial charge in [0.2, 0.25) is 0 Å². The third kappa shape index (κ3) is 4.38. The van der Waals surface area contributed by atoms with Crippen molar-refractivity contribution in [1.29, 1.82) is 0 Å². The van der Waals surface area contributed by atoms with Crippen LogP contribution in [0.4, 0.5) is 14.9 Å². The predicted octanol–water partition coefficient (Wildman–Crippen LogP) is 5.39. The summed E-state index contributed by atoms with van der Waals surface area (Å²) in [6.07, 6.45) is 0.519. The number of hydrogen-bond donors (Lipinski definition) is 2. The van der Waals surface area contributed by atoms with Gasteiger partial charge in [0.1, 0.15) is 12.4 Å². The molecule has 5 nitrogen and oxygen atoms in total. The molecular weight excluding hydrogens is 431 g/mol. The average molecular weight is 461 g/mol. The highest BCUT2D eigenvalue weighted by Crippen LogP contribution is 2.44. The molecule has 0 saturated carbocycles. The Labute approximate surface area is 199 Å². The van der Waals surface area contributed by atoms with E-state index in [1.165, 1.54) is 23.3 Å². The molecule has 0 aromatic heterocycles. The molecule has 0 bridgehead atoms. The Morgan fingerprint density at radius 1 is 1.06 bits per heavy atom. The fourth-order valence-electron chi connectivity index (χ4n) is 5.16. The van der Waals surface area contributed by atoms with Crippen molar-refractivity contribution in [2.75, 3.05) is 24.6 Å². The summed E-state index contributed by atoms with van der Waals surface area (Å²) in [5.74, 6) is -0.366. The largest absolute Gasteiger partial charge is 0.449 e. The number of hydrogen-bond acceptors (Lipinski definition) is 4. The molecule has 1 aliphatic carbocycles. The predicted molar refractivity (Wildman–Crippen MR) is 130 cm³/mol. The summed E-state index contributed by atoms with van der Waals surface area (Å²) in [4.78, 5) is 14.9. The summed E-state index contributed by atoms with van der Waals surface area (Å²) in [7, 11) is 0. The Hall–Kier alpha value is -3.38. The molecule has 5 rings (SSSR count). The minimum absolute atomic E-state index is 0.0158. The van der Waals surface area contributed by atoms with Gasteiger partial charge >= 0.3 is 6.09 Å². The van der Waals surface area contributed by atoms with Crippen LogP contribution < -0.4 is 10.2 Å². The van der Waals surface area contributed by atoms with Crippen LogP contribution >= 0.6 is 0 Å². The van der Waals surface area contributed by atoms with Crippen molar-refractivity contribution in [1.82, 2.24) is 5.32 Å². The van der Waals surface area contributed by atoms with Crippen LogP contribution in [0.1, 0.15) is 48.4 Å². The van der Waals surface area contributed by atoms with E-state index in [1.54, 1.807) is 6.07 Å². The number of carbonyl (C=O) groups excluding carboxylic acids is 1. The lowest BCUT2D eigenvalue weighted by Crippen LogP contribution is -2.37. The third-order valence-electron chi connectivity index (χ3n) is 6.94. The van der Waals surface area contributed by atoms with Gasteiger partial charge in [0.15, 0.2) is 0 Å². The maximum absolute atomic E-state index is 14.1. The van der Waals surface area contributed by atoms with Crippen molar-refractivity contribution >= 4 is 11.8 Å². The number of ether oxygens (including phenoxy) is 1. The summed E-state index contributed by atoms with van der Waals surface area (Å²) in [6, 6.07) is 20.6. The van der Waals surface area contributed by atoms with E-state index in [2.05, 4.69) is 34.5 Å². The number of aliphatic hydroxyl groups excluding tert-OH is 1. The van der Waals surface area contributed by atoms with Crippen LogP contribution in [0.5, 0.6) is 0 Å². The van der Waals surface area contributed by atoms with E-state index in [0.29, 0.717) is 31.5 Å². The van der Waals surface area contributed by atoms with Gasteiger partial charge in [-0.15, -0.1) is 0 Å². The number of aliphatic hydroxyl groups is 1. The molecule has 176 valence electrons. The number of benzene rings is 3. The summed E-state index contributed by atoms with van der Waals surface area (Å²) >= 11 is 0. The van der Waals surface area contributed by atoms with Crippen LogP contribution in [0.3, 0.4) is 0 Å². The molecule has 1 fully saturated rings. The molecule has 0 spiro atoms. The molecule has 0 radical (unpaired) electrons. The third-order valence-corrected chi connectivity index (χ3v) is 6.94. The van der Waals surface area contributed by atoms with Gasteiger partial charge in [0, 0.05) is 30.3 Å². The number of rotatable bonds is 5. The van der Waals surface area contributed by atoms with Gasteiger partial charge in [0.25, 0.3) is 0 Å². The second-order valence-electron chi connectivity index (χ2n) is 9.11. The maximum Gasteiger partial charge on any atom is 0.407 e. The van der Waals surface area contributed by atoms with E-state index in [1.807, 2.05) is 31.2 Å². The lowest BCUT2D eigenvalue weighted by molar-refractivity contribution is 0.139. The topological polar surface area (TPSA) is 61.8 Å². The zero-order valence-electron chi connectivity index (χ0n) is 19.2. The molecule has 1 amide bonds. The Morgan fingerprint density at radius 3 is 2.32 bits per heavy atom. The monoisotopic (exact) mass is 460 g/mol. The van der Waals surface area contributed by atoms with Crippen molar-refractivity contribution in [2.24, 2.45) is 0 Å². The fraction of sp³-hybridized carbons (Fsp3) is 0.321. The van der Waals surface area contributed by atoms with Crippen molar-refractivity contribution in [3.05, 3.63) is 89.2 Å². The van der Waals surface area contributed by atoms with E-state index < -0.39 is 12.1 Å². The van der Waals surface area contributed by atoms with Crippen LogP contribution in [0, 0.1) is 5.82 Å². The molecule has 1 unspecified atom stereocenters. The highest BCUT2D eigenvalue weighted by Gasteiger charge is 2.29. The van der Waals surface area contributed by atoms with Crippen LogP contribution in [0.15, 0.2) is 66.7 Å². The van der Waals surface area contributed by atoms with Gasteiger partial charge in [-0.05, 0) is 60.2 Å². The Morgan fingerprint density at radius 2 is 1.68 bits per heavy atom. The van der Waals surface area contributed by atoms with Crippen LogP contribution in [-0.4, -0.2) is 37.0 Å². The van der Waals surface area contributed by atoms with Crippen LogP contribution in [-0.2, 0) is 4.74 Å². The van der Waals surface area contributed by atoms with Gasteiger partial charge in [-0.25, -0.2) is 9.18 Å². The fourth-order valence-corrected chi connectivity index (χ4v) is 5.16. The molecule has 2 N–H and O–H groups in total.